The molecule has 0 unspecified atom stereocenters. The van der Waals surface area contributed by atoms with Gasteiger partial charge in [0.25, 0.3) is 0 Å². The Bertz CT molecular complexity index is 165. The summed E-state index contributed by atoms with van der Waals surface area (Å²) in [7, 11) is 0. The van der Waals surface area contributed by atoms with Crippen molar-refractivity contribution in [2.24, 2.45) is 0 Å². The second kappa shape index (κ2) is 6.46. The molecule has 1 fully saturated rings. The molecule has 15 heavy (non-hydrogen) atoms. The van der Waals surface area contributed by atoms with E-state index in [-0.39, 0.29) is 0 Å². The molecule has 0 amide bonds. The van der Waals surface area contributed by atoms with Crippen LogP contribution in [0.5, 0.6) is 0 Å². The minimum Gasteiger partial charge on any atom is -0.388 e. The molecule has 1 aliphatic rings. The number of nitrogens with one attached hydrogen (secondary N) is 1. The predicted molar refractivity (Wildman–Crippen MR) is 64.1 cm³/mol. The largest absolute Gasteiger partial charge is 0.388 e. The fourth-order valence-electron chi connectivity index (χ4n) is 2.18. The van der Waals surface area contributed by atoms with Gasteiger partial charge in [0.1, 0.15) is 0 Å². The van der Waals surface area contributed by atoms with Gasteiger partial charge >= 0.3 is 0 Å². The van der Waals surface area contributed by atoms with Crippen LogP contribution in [-0.2, 0) is 0 Å². The van der Waals surface area contributed by atoms with Crippen LogP contribution in [0.1, 0.15) is 39.5 Å². The Labute approximate surface area is 93.9 Å². The molecule has 0 aliphatic carbocycles. The number of aliphatic hydroxyl groups is 1. The Balaban J connectivity index is 2.21. The van der Waals surface area contributed by atoms with Crippen LogP contribution >= 0.6 is 0 Å². The van der Waals surface area contributed by atoms with Gasteiger partial charge in [0.15, 0.2) is 0 Å². The zero-order valence-corrected chi connectivity index (χ0v) is 10.3. The van der Waals surface area contributed by atoms with Crippen LogP contribution in [-0.4, -0.2) is 48.3 Å². The van der Waals surface area contributed by atoms with Crippen molar-refractivity contribution in [2.45, 2.75) is 45.1 Å². The Hall–Kier alpha value is -0.120. The Morgan fingerprint density at radius 2 is 1.87 bits per heavy atom. The van der Waals surface area contributed by atoms with Crippen LogP contribution < -0.4 is 5.32 Å². The fraction of sp³-hybridized carbons (Fsp3) is 1.00. The van der Waals surface area contributed by atoms with Crippen LogP contribution in [0, 0.1) is 0 Å². The van der Waals surface area contributed by atoms with Gasteiger partial charge in [-0.05, 0) is 38.8 Å². The average molecular weight is 214 g/mol. The van der Waals surface area contributed by atoms with Crippen molar-refractivity contribution in [1.82, 2.24) is 10.2 Å². The third kappa shape index (κ3) is 4.49. The first-order valence-electron chi connectivity index (χ1n) is 6.35. The van der Waals surface area contributed by atoms with E-state index in [1.807, 2.05) is 0 Å². The van der Waals surface area contributed by atoms with Crippen molar-refractivity contribution in [3.8, 4) is 0 Å². The number of rotatable bonds is 6. The highest BCUT2D eigenvalue weighted by molar-refractivity contribution is 4.87. The van der Waals surface area contributed by atoms with E-state index in [9.17, 15) is 5.11 Å². The van der Waals surface area contributed by atoms with Crippen LogP contribution in [0.15, 0.2) is 0 Å². The molecule has 3 nitrogen and oxygen atoms in total. The van der Waals surface area contributed by atoms with Crippen molar-refractivity contribution < 1.29 is 5.11 Å². The summed E-state index contributed by atoms with van der Waals surface area (Å²) in [5.41, 5.74) is -0.445. The lowest BCUT2D eigenvalue weighted by Gasteiger charge is -2.38. The summed E-state index contributed by atoms with van der Waals surface area (Å²) < 4.78 is 0. The molecular formula is C12H26N2O. The molecule has 90 valence electrons. The molecule has 0 spiro atoms. The number of piperidine rings is 1. The standard InChI is InChI=1S/C12H26N2O/c1-3-7-13-11-12(15)5-9-14(8-4-2)10-6-12/h13,15H,3-11H2,1-2H3. The van der Waals surface area contributed by atoms with E-state index in [0.29, 0.717) is 0 Å². The summed E-state index contributed by atoms with van der Waals surface area (Å²) in [5, 5.41) is 13.6. The average Bonchev–Trinajstić information content (AvgIpc) is 2.23. The minimum absolute atomic E-state index is 0.445. The van der Waals surface area contributed by atoms with E-state index >= 15 is 0 Å². The molecule has 2 N–H and O–H groups in total. The molecule has 1 heterocycles. The summed E-state index contributed by atoms with van der Waals surface area (Å²) in [5.74, 6) is 0. The molecular weight excluding hydrogens is 188 g/mol. The van der Waals surface area contributed by atoms with E-state index in [2.05, 4.69) is 24.1 Å². The zero-order chi connectivity index (χ0) is 11.1. The SMILES string of the molecule is CCCNCC1(O)CCN(CCC)CC1. The van der Waals surface area contributed by atoms with Crippen molar-refractivity contribution in [2.75, 3.05) is 32.7 Å². The van der Waals surface area contributed by atoms with Crippen LogP contribution in [0.4, 0.5) is 0 Å². The van der Waals surface area contributed by atoms with Crippen molar-refractivity contribution in [3.63, 3.8) is 0 Å². The fourth-order valence-corrected chi connectivity index (χ4v) is 2.18. The third-order valence-corrected chi connectivity index (χ3v) is 3.21. The molecule has 1 saturated heterocycles. The Morgan fingerprint density at radius 1 is 1.20 bits per heavy atom. The lowest BCUT2D eigenvalue weighted by Crippen LogP contribution is -2.50. The number of likely N-dealkylation sites (tertiary alicyclic amines) is 1. The van der Waals surface area contributed by atoms with Gasteiger partial charge in [-0.1, -0.05) is 13.8 Å². The van der Waals surface area contributed by atoms with Gasteiger partial charge in [0.2, 0.25) is 0 Å². The number of nitrogens with zero attached hydrogens (tertiary/aromatic N) is 1. The third-order valence-electron chi connectivity index (χ3n) is 3.21. The molecule has 3 heteroatoms. The van der Waals surface area contributed by atoms with E-state index in [0.717, 1.165) is 45.4 Å². The monoisotopic (exact) mass is 214 g/mol. The predicted octanol–water partition coefficient (Wildman–Crippen LogP) is 1.22. The van der Waals surface area contributed by atoms with Crippen molar-refractivity contribution in [1.29, 1.82) is 0 Å². The summed E-state index contributed by atoms with van der Waals surface area (Å²) in [6.45, 7) is 9.43. The van der Waals surface area contributed by atoms with Gasteiger partial charge in [-0.3, -0.25) is 0 Å². The molecule has 0 saturated carbocycles. The molecule has 0 aromatic heterocycles. The maximum Gasteiger partial charge on any atom is 0.0795 e. The number of hydrogen-bond donors (Lipinski definition) is 2. The second-order valence-electron chi connectivity index (χ2n) is 4.74. The molecule has 1 aliphatic heterocycles. The lowest BCUT2D eigenvalue weighted by atomic mass is 9.91. The van der Waals surface area contributed by atoms with Gasteiger partial charge in [-0.15, -0.1) is 0 Å². The summed E-state index contributed by atoms with van der Waals surface area (Å²) in [6.07, 6.45) is 4.19. The summed E-state index contributed by atoms with van der Waals surface area (Å²) >= 11 is 0. The molecule has 0 radical (unpaired) electrons. The zero-order valence-electron chi connectivity index (χ0n) is 10.3. The van der Waals surface area contributed by atoms with Crippen molar-refractivity contribution >= 4 is 0 Å². The Morgan fingerprint density at radius 3 is 2.40 bits per heavy atom. The molecule has 0 atom stereocenters. The highest BCUT2D eigenvalue weighted by atomic mass is 16.3. The summed E-state index contributed by atoms with van der Waals surface area (Å²) in [6, 6.07) is 0. The molecule has 1 rings (SSSR count). The van der Waals surface area contributed by atoms with E-state index in [1.54, 1.807) is 0 Å². The van der Waals surface area contributed by atoms with E-state index < -0.39 is 5.60 Å². The molecule has 0 bridgehead atoms. The summed E-state index contributed by atoms with van der Waals surface area (Å²) in [4.78, 5) is 2.45. The lowest BCUT2D eigenvalue weighted by molar-refractivity contribution is -0.0195. The normalized spacial score (nSPS) is 21.8. The molecule has 0 aromatic rings. The van der Waals surface area contributed by atoms with Gasteiger partial charge in [-0.25, -0.2) is 0 Å². The van der Waals surface area contributed by atoms with E-state index in [4.69, 9.17) is 0 Å². The van der Waals surface area contributed by atoms with Crippen molar-refractivity contribution in [3.05, 3.63) is 0 Å². The van der Waals surface area contributed by atoms with Crippen LogP contribution in [0.25, 0.3) is 0 Å². The van der Waals surface area contributed by atoms with E-state index in [1.165, 1.54) is 13.0 Å². The minimum atomic E-state index is -0.445. The van der Waals surface area contributed by atoms with Crippen LogP contribution in [0.2, 0.25) is 0 Å². The quantitative estimate of drug-likeness (QED) is 0.653. The van der Waals surface area contributed by atoms with Gasteiger partial charge in [0, 0.05) is 19.6 Å². The van der Waals surface area contributed by atoms with Gasteiger partial charge in [-0.2, -0.15) is 0 Å². The first kappa shape index (κ1) is 12.9. The second-order valence-corrected chi connectivity index (χ2v) is 4.74. The number of hydrogen-bond acceptors (Lipinski definition) is 3. The highest BCUT2D eigenvalue weighted by Crippen LogP contribution is 2.21. The maximum absolute atomic E-state index is 10.3. The first-order chi connectivity index (χ1) is 7.20. The van der Waals surface area contributed by atoms with Gasteiger partial charge in [0.05, 0.1) is 5.60 Å². The molecule has 0 aromatic carbocycles. The highest BCUT2D eigenvalue weighted by Gasteiger charge is 2.31. The van der Waals surface area contributed by atoms with Gasteiger partial charge < -0.3 is 15.3 Å². The smallest absolute Gasteiger partial charge is 0.0795 e. The Kier molecular flexibility index (Phi) is 5.58. The van der Waals surface area contributed by atoms with Crippen LogP contribution in [0.3, 0.4) is 0 Å². The first-order valence-corrected chi connectivity index (χ1v) is 6.35. The topological polar surface area (TPSA) is 35.5 Å². The maximum atomic E-state index is 10.3.